The van der Waals surface area contributed by atoms with Crippen molar-refractivity contribution in [3.8, 4) is 11.5 Å². The Morgan fingerprint density at radius 2 is 1.68 bits per heavy atom. The van der Waals surface area contributed by atoms with E-state index in [1.54, 1.807) is 30.5 Å². The Bertz CT molecular complexity index is 1210. The third-order valence-corrected chi connectivity index (χ3v) is 5.05. The van der Waals surface area contributed by atoms with Crippen molar-refractivity contribution in [2.45, 2.75) is 13.8 Å². The van der Waals surface area contributed by atoms with Crippen LogP contribution in [0.3, 0.4) is 0 Å². The highest BCUT2D eigenvalue weighted by molar-refractivity contribution is 7.16. The van der Waals surface area contributed by atoms with Crippen LogP contribution in [0.5, 0.6) is 11.5 Å². The van der Waals surface area contributed by atoms with Gasteiger partial charge in [0.25, 0.3) is 11.5 Å². The summed E-state index contributed by atoms with van der Waals surface area (Å²) in [6.07, 6.45) is 3.00. The topological polar surface area (TPSA) is 72.7 Å². The average molecular weight is 391 g/mol. The minimum Gasteiger partial charge on any atom is -0.457 e. The van der Waals surface area contributed by atoms with Crippen LogP contribution in [0.4, 0.5) is 5.69 Å². The summed E-state index contributed by atoms with van der Waals surface area (Å²) in [5, 5.41) is 2.72. The Hall–Kier alpha value is -3.45. The van der Waals surface area contributed by atoms with Crippen LogP contribution in [0.25, 0.3) is 4.96 Å². The van der Waals surface area contributed by atoms with Gasteiger partial charge in [0.1, 0.15) is 17.1 Å². The molecular formula is C21H17N3O3S. The molecular weight excluding hydrogens is 374 g/mol. The lowest BCUT2D eigenvalue weighted by molar-refractivity contribution is 0.102. The van der Waals surface area contributed by atoms with E-state index in [1.807, 2.05) is 38.1 Å². The van der Waals surface area contributed by atoms with Crippen LogP contribution in [-0.4, -0.2) is 15.3 Å². The van der Waals surface area contributed by atoms with Gasteiger partial charge in [-0.25, -0.2) is 4.98 Å². The molecule has 2 aromatic heterocycles. The predicted molar refractivity (Wildman–Crippen MR) is 110 cm³/mol. The summed E-state index contributed by atoms with van der Waals surface area (Å²) in [7, 11) is 0. The molecule has 0 atom stereocenters. The molecule has 0 aliphatic carbocycles. The summed E-state index contributed by atoms with van der Waals surface area (Å²) in [6, 6.07) is 14.7. The van der Waals surface area contributed by atoms with Gasteiger partial charge in [0.2, 0.25) is 0 Å². The SMILES string of the molecule is Cc1ccc(Oc2ccc(NC(=O)c3cnc4sc(C)cn4c3=O)cc2)cc1. The maximum atomic E-state index is 12.5. The van der Waals surface area contributed by atoms with Crippen molar-refractivity contribution in [1.29, 1.82) is 0 Å². The molecule has 0 bridgehead atoms. The van der Waals surface area contributed by atoms with Gasteiger partial charge in [0.15, 0.2) is 4.96 Å². The molecule has 28 heavy (non-hydrogen) atoms. The predicted octanol–water partition coefficient (Wildman–Crippen LogP) is 4.42. The van der Waals surface area contributed by atoms with Crippen LogP contribution in [0.2, 0.25) is 0 Å². The number of nitrogens with one attached hydrogen (secondary N) is 1. The maximum Gasteiger partial charge on any atom is 0.271 e. The number of rotatable bonds is 4. The van der Waals surface area contributed by atoms with Crippen molar-refractivity contribution >= 4 is 27.9 Å². The monoisotopic (exact) mass is 391 g/mol. The van der Waals surface area contributed by atoms with Gasteiger partial charge in [-0.1, -0.05) is 17.7 Å². The van der Waals surface area contributed by atoms with Gasteiger partial charge in [-0.05, 0) is 50.2 Å². The summed E-state index contributed by atoms with van der Waals surface area (Å²) in [5.41, 5.74) is 1.33. The number of benzene rings is 2. The third kappa shape index (κ3) is 3.65. The van der Waals surface area contributed by atoms with E-state index in [0.717, 1.165) is 16.2 Å². The van der Waals surface area contributed by atoms with E-state index in [2.05, 4.69) is 10.3 Å². The summed E-state index contributed by atoms with van der Waals surface area (Å²) >= 11 is 1.40. The number of anilines is 1. The Kier molecular flexibility index (Phi) is 4.67. The first kappa shape index (κ1) is 17.9. The standard InChI is InChI=1S/C21H17N3O3S/c1-13-3-7-16(8-4-13)27-17-9-5-15(6-10-17)23-19(25)18-11-22-21-24(20(18)26)12-14(2)28-21/h3-12H,1-2H3,(H,23,25). The first-order valence-electron chi connectivity index (χ1n) is 8.63. The van der Waals surface area contributed by atoms with Crippen LogP contribution in [-0.2, 0) is 0 Å². The highest BCUT2D eigenvalue weighted by Gasteiger charge is 2.14. The first-order chi connectivity index (χ1) is 13.5. The van der Waals surface area contributed by atoms with Crippen molar-refractivity contribution in [2.24, 2.45) is 0 Å². The van der Waals surface area contributed by atoms with Gasteiger partial charge < -0.3 is 10.1 Å². The van der Waals surface area contributed by atoms with E-state index in [4.69, 9.17) is 4.74 Å². The van der Waals surface area contributed by atoms with Gasteiger partial charge in [0.05, 0.1) is 0 Å². The summed E-state index contributed by atoms with van der Waals surface area (Å²) in [4.78, 5) is 30.7. The average Bonchev–Trinajstić information content (AvgIpc) is 3.07. The normalized spacial score (nSPS) is 10.8. The van der Waals surface area contributed by atoms with E-state index in [-0.39, 0.29) is 11.1 Å². The van der Waals surface area contributed by atoms with Gasteiger partial charge in [-0.3, -0.25) is 14.0 Å². The zero-order valence-electron chi connectivity index (χ0n) is 15.3. The van der Waals surface area contributed by atoms with Crippen molar-refractivity contribution in [3.63, 3.8) is 0 Å². The van der Waals surface area contributed by atoms with Crippen molar-refractivity contribution in [2.75, 3.05) is 5.32 Å². The lowest BCUT2D eigenvalue weighted by Crippen LogP contribution is -2.25. The number of nitrogens with zero attached hydrogens (tertiary/aromatic N) is 2. The van der Waals surface area contributed by atoms with E-state index in [9.17, 15) is 9.59 Å². The summed E-state index contributed by atoms with van der Waals surface area (Å²) in [5.74, 6) is 0.891. The van der Waals surface area contributed by atoms with Gasteiger partial charge in [-0.15, -0.1) is 11.3 Å². The lowest BCUT2D eigenvalue weighted by atomic mass is 10.2. The molecule has 0 radical (unpaired) electrons. The minimum atomic E-state index is -0.497. The molecule has 2 heterocycles. The second kappa shape index (κ2) is 7.28. The number of hydrogen-bond donors (Lipinski definition) is 1. The van der Waals surface area contributed by atoms with Crippen molar-refractivity contribution in [1.82, 2.24) is 9.38 Å². The quantitative estimate of drug-likeness (QED) is 0.559. The Morgan fingerprint density at radius 3 is 2.36 bits per heavy atom. The van der Waals surface area contributed by atoms with Crippen molar-refractivity contribution in [3.05, 3.63) is 87.3 Å². The lowest BCUT2D eigenvalue weighted by Gasteiger charge is -2.08. The molecule has 1 amide bonds. The second-order valence-corrected chi connectivity index (χ2v) is 7.58. The number of hydrogen-bond acceptors (Lipinski definition) is 5. The fraction of sp³-hybridized carbons (Fsp3) is 0.0952. The number of carbonyl (C=O) groups is 1. The van der Waals surface area contributed by atoms with Gasteiger partial charge in [-0.2, -0.15) is 0 Å². The molecule has 4 aromatic rings. The molecule has 0 fully saturated rings. The molecule has 6 nitrogen and oxygen atoms in total. The Labute approximate surface area is 165 Å². The van der Waals surface area contributed by atoms with E-state index >= 15 is 0 Å². The number of amides is 1. The minimum absolute atomic E-state index is 0.00437. The molecule has 0 saturated heterocycles. The van der Waals surface area contributed by atoms with Gasteiger partial charge in [0, 0.05) is 23.0 Å². The number of aromatic nitrogens is 2. The Morgan fingerprint density at radius 1 is 1.04 bits per heavy atom. The Balaban J connectivity index is 1.49. The number of carbonyl (C=O) groups excluding carboxylic acids is 1. The fourth-order valence-corrected chi connectivity index (χ4v) is 3.48. The zero-order valence-corrected chi connectivity index (χ0v) is 16.1. The van der Waals surface area contributed by atoms with Crippen LogP contribution >= 0.6 is 11.3 Å². The molecule has 1 N–H and O–H groups in total. The van der Waals surface area contributed by atoms with Crippen molar-refractivity contribution < 1.29 is 9.53 Å². The highest BCUT2D eigenvalue weighted by Crippen LogP contribution is 2.23. The largest absolute Gasteiger partial charge is 0.457 e. The fourth-order valence-electron chi connectivity index (χ4n) is 2.70. The van der Waals surface area contributed by atoms with Crippen LogP contribution in [0.1, 0.15) is 20.8 Å². The van der Waals surface area contributed by atoms with Crippen LogP contribution < -0.4 is 15.6 Å². The molecule has 0 unspecified atom stereocenters. The molecule has 7 heteroatoms. The molecule has 2 aromatic carbocycles. The van der Waals surface area contributed by atoms with E-state index < -0.39 is 5.91 Å². The first-order valence-corrected chi connectivity index (χ1v) is 9.45. The zero-order chi connectivity index (χ0) is 19.7. The molecule has 0 spiro atoms. The molecule has 140 valence electrons. The summed E-state index contributed by atoms with van der Waals surface area (Å²) < 4.78 is 7.17. The smallest absolute Gasteiger partial charge is 0.271 e. The third-order valence-electron chi connectivity index (χ3n) is 4.14. The number of fused-ring (bicyclic) bond motifs is 1. The van der Waals surface area contributed by atoms with Gasteiger partial charge >= 0.3 is 0 Å². The number of aryl methyl sites for hydroxylation is 2. The van der Waals surface area contributed by atoms with E-state index in [0.29, 0.717) is 16.4 Å². The summed E-state index contributed by atoms with van der Waals surface area (Å²) in [6.45, 7) is 3.90. The molecule has 0 aliphatic heterocycles. The number of ether oxygens (including phenoxy) is 1. The molecule has 0 aliphatic rings. The number of thiazole rings is 1. The van der Waals surface area contributed by atoms with E-state index in [1.165, 1.54) is 21.9 Å². The second-order valence-electron chi connectivity index (χ2n) is 6.37. The molecule has 4 rings (SSSR count). The maximum absolute atomic E-state index is 12.5. The highest BCUT2D eigenvalue weighted by atomic mass is 32.1. The molecule has 0 saturated carbocycles. The van der Waals surface area contributed by atoms with Crippen LogP contribution in [0.15, 0.2) is 65.7 Å². The van der Waals surface area contributed by atoms with Crippen LogP contribution in [0, 0.1) is 13.8 Å².